The molecule has 0 radical (unpaired) electrons. The number of hydrogen-bond donors (Lipinski definition) is 2. The lowest BCUT2D eigenvalue weighted by molar-refractivity contribution is 0.280. The number of aromatic nitrogens is 1. The minimum absolute atomic E-state index is 0.0894. The second-order valence-electron chi connectivity index (χ2n) is 3.98. The molecule has 0 fully saturated rings. The van der Waals surface area contributed by atoms with Crippen molar-refractivity contribution >= 4 is 5.69 Å². The Labute approximate surface area is 116 Å². The Morgan fingerprint density at radius 3 is 2.75 bits per heavy atom. The van der Waals surface area contributed by atoms with Gasteiger partial charge >= 0.3 is 0 Å². The Bertz CT molecular complexity index is 665. The highest BCUT2D eigenvalue weighted by Gasteiger charge is 2.10. The van der Waals surface area contributed by atoms with E-state index >= 15 is 0 Å². The van der Waals surface area contributed by atoms with Crippen LogP contribution in [0, 0.1) is 11.3 Å². The summed E-state index contributed by atoms with van der Waals surface area (Å²) < 4.78 is 10.8. The Kier molecular flexibility index (Phi) is 4.03. The van der Waals surface area contributed by atoms with Crippen LogP contribution in [0.3, 0.4) is 0 Å². The lowest BCUT2D eigenvalue weighted by Crippen LogP contribution is -1.98. The van der Waals surface area contributed by atoms with Crippen LogP contribution < -0.4 is 15.2 Å². The Balaban J connectivity index is 2.32. The highest BCUT2D eigenvalue weighted by atomic mass is 16.5. The van der Waals surface area contributed by atoms with Gasteiger partial charge in [-0.25, -0.2) is 4.98 Å². The second-order valence-corrected chi connectivity index (χ2v) is 3.98. The van der Waals surface area contributed by atoms with Gasteiger partial charge in [0.1, 0.15) is 6.07 Å². The molecule has 3 N–H and O–H groups in total. The smallest absolute Gasteiger partial charge is 0.242 e. The number of hydrogen-bond acceptors (Lipinski definition) is 6. The zero-order valence-electron chi connectivity index (χ0n) is 10.8. The predicted octanol–water partition coefficient (Wildman–Crippen LogP) is 1.83. The molecule has 6 heteroatoms. The van der Waals surface area contributed by atoms with Crippen LogP contribution in [-0.4, -0.2) is 17.2 Å². The Morgan fingerprint density at radius 1 is 1.35 bits per heavy atom. The fourth-order valence-electron chi connectivity index (χ4n) is 1.61. The second kappa shape index (κ2) is 5.91. The number of aliphatic hydroxyl groups is 1. The van der Waals surface area contributed by atoms with Gasteiger partial charge in [0.05, 0.1) is 25.0 Å². The van der Waals surface area contributed by atoms with Crippen molar-refractivity contribution in [2.75, 3.05) is 12.8 Å². The SMILES string of the molecule is COc1cc(CO)ccc1Oc1ncc(C#N)cc1N. The van der Waals surface area contributed by atoms with Crippen molar-refractivity contribution in [1.82, 2.24) is 4.98 Å². The number of rotatable bonds is 4. The topological polar surface area (TPSA) is 101 Å². The normalized spacial score (nSPS) is 9.85. The van der Waals surface area contributed by atoms with Crippen LogP contribution in [0.4, 0.5) is 5.69 Å². The van der Waals surface area contributed by atoms with E-state index in [1.807, 2.05) is 6.07 Å². The van der Waals surface area contributed by atoms with Crippen LogP contribution in [0.2, 0.25) is 0 Å². The van der Waals surface area contributed by atoms with Crippen molar-refractivity contribution in [1.29, 1.82) is 5.26 Å². The van der Waals surface area contributed by atoms with Gasteiger partial charge in [-0.05, 0) is 23.8 Å². The zero-order chi connectivity index (χ0) is 14.5. The molecule has 1 aromatic carbocycles. The maximum absolute atomic E-state index is 9.08. The summed E-state index contributed by atoms with van der Waals surface area (Å²) in [5, 5.41) is 17.8. The molecular weight excluding hydrogens is 258 g/mol. The molecule has 1 heterocycles. The summed E-state index contributed by atoms with van der Waals surface area (Å²) >= 11 is 0. The first-order valence-electron chi connectivity index (χ1n) is 5.79. The van der Waals surface area contributed by atoms with Crippen LogP contribution >= 0.6 is 0 Å². The largest absolute Gasteiger partial charge is 0.493 e. The molecule has 102 valence electrons. The average Bonchev–Trinajstić information content (AvgIpc) is 2.49. The summed E-state index contributed by atoms with van der Waals surface area (Å²) in [4.78, 5) is 3.99. The molecule has 6 nitrogen and oxygen atoms in total. The van der Waals surface area contributed by atoms with E-state index in [-0.39, 0.29) is 18.2 Å². The monoisotopic (exact) mass is 271 g/mol. The zero-order valence-corrected chi connectivity index (χ0v) is 10.8. The van der Waals surface area contributed by atoms with Gasteiger partial charge in [-0.3, -0.25) is 0 Å². The summed E-state index contributed by atoms with van der Waals surface area (Å²) in [6, 6.07) is 8.45. The molecule has 20 heavy (non-hydrogen) atoms. The van der Waals surface area contributed by atoms with Gasteiger partial charge in [0.2, 0.25) is 5.88 Å². The van der Waals surface area contributed by atoms with Gasteiger partial charge in [-0.15, -0.1) is 0 Å². The average molecular weight is 271 g/mol. The van der Waals surface area contributed by atoms with E-state index in [0.717, 1.165) is 0 Å². The molecule has 0 amide bonds. The summed E-state index contributed by atoms with van der Waals surface area (Å²) in [5.41, 5.74) is 7.10. The van der Waals surface area contributed by atoms with E-state index in [1.54, 1.807) is 18.2 Å². The quantitative estimate of drug-likeness (QED) is 0.879. The first-order chi connectivity index (χ1) is 9.67. The standard InChI is InChI=1S/C14H13N3O3/c1-19-13-5-9(8-18)2-3-12(13)20-14-11(16)4-10(6-15)7-17-14/h2-5,7,18H,8,16H2,1H3. The van der Waals surface area contributed by atoms with E-state index in [1.165, 1.54) is 19.4 Å². The third-order valence-electron chi connectivity index (χ3n) is 2.63. The lowest BCUT2D eigenvalue weighted by Gasteiger charge is -2.12. The minimum atomic E-state index is -0.0894. The van der Waals surface area contributed by atoms with Crippen LogP contribution in [0.5, 0.6) is 17.4 Å². The molecular formula is C14H13N3O3. The number of methoxy groups -OCH3 is 1. The van der Waals surface area contributed by atoms with Gasteiger partial charge in [0, 0.05) is 6.20 Å². The molecule has 0 saturated carbocycles. The first kappa shape index (κ1) is 13.6. The van der Waals surface area contributed by atoms with Crippen LogP contribution in [0.25, 0.3) is 0 Å². The number of nitrogen functional groups attached to an aromatic ring is 1. The van der Waals surface area contributed by atoms with Crippen molar-refractivity contribution in [3.05, 3.63) is 41.6 Å². The van der Waals surface area contributed by atoms with Crippen molar-refractivity contribution in [2.24, 2.45) is 0 Å². The van der Waals surface area contributed by atoms with Crippen molar-refractivity contribution in [2.45, 2.75) is 6.61 Å². The van der Waals surface area contributed by atoms with Gasteiger partial charge < -0.3 is 20.3 Å². The first-order valence-corrected chi connectivity index (χ1v) is 5.79. The predicted molar refractivity (Wildman–Crippen MR) is 72.4 cm³/mol. The van der Waals surface area contributed by atoms with Crippen LogP contribution in [-0.2, 0) is 6.61 Å². The Morgan fingerprint density at radius 2 is 2.15 bits per heavy atom. The number of anilines is 1. The molecule has 0 aliphatic rings. The molecule has 2 rings (SSSR count). The number of pyridine rings is 1. The summed E-state index contributed by atoms with van der Waals surface area (Å²) in [7, 11) is 1.50. The van der Waals surface area contributed by atoms with Crippen molar-refractivity contribution in [3.63, 3.8) is 0 Å². The fourth-order valence-corrected chi connectivity index (χ4v) is 1.61. The highest BCUT2D eigenvalue weighted by Crippen LogP contribution is 2.33. The maximum atomic E-state index is 9.08. The van der Waals surface area contributed by atoms with Crippen LogP contribution in [0.1, 0.15) is 11.1 Å². The van der Waals surface area contributed by atoms with Crippen molar-refractivity contribution in [3.8, 4) is 23.4 Å². The third-order valence-corrected chi connectivity index (χ3v) is 2.63. The van der Waals surface area contributed by atoms with E-state index in [9.17, 15) is 0 Å². The number of nitrogens with zero attached hydrogens (tertiary/aromatic N) is 2. The molecule has 1 aromatic heterocycles. The molecule has 0 aliphatic carbocycles. The molecule has 0 spiro atoms. The maximum Gasteiger partial charge on any atom is 0.242 e. The van der Waals surface area contributed by atoms with Crippen LogP contribution in [0.15, 0.2) is 30.5 Å². The summed E-state index contributed by atoms with van der Waals surface area (Å²) in [5.74, 6) is 1.08. The minimum Gasteiger partial charge on any atom is -0.493 e. The third kappa shape index (κ3) is 2.79. The number of ether oxygens (including phenoxy) is 2. The molecule has 0 atom stereocenters. The van der Waals surface area contributed by atoms with E-state index in [0.29, 0.717) is 22.6 Å². The summed E-state index contributed by atoms with van der Waals surface area (Å²) in [6.45, 7) is -0.0894. The van der Waals surface area contributed by atoms with Gasteiger partial charge in [0.25, 0.3) is 0 Å². The number of benzene rings is 1. The molecule has 0 bridgehead atoms. The summed E-state index contributed by atoms with van der Waals surface area (Å²) in [6.07, 6.45) is 1.38. The van der Waals surface area contributed by atoms with Gasteiger partial charge in [-0.2, -0.15) is 5.26 Å². The molecule has 0 unspecified atom stereocenters. The van der Waals surface area contributed by atoms with Crippen molar-refractivity contribution < 1.29 is 14.6 Å². The van der Waals surface area contributed by atoms with E-state index in [4.69, 9.17) is 25.6 Å². The Hall–Kier alpha value is -2.78. The van der Waals surface area contributed by atoms with E-state index < -0.39 is 0 Å². The number of nitriles is 1. The lowest BCUT2D eigenvalue weighted by atomic mass is 10.2. The fraction of sp³-hybridized carbons (Fsp3) is 0.143. The van der Waals surface area contributed by atoms with E-state index in [2.05, 4.69) is 4.98 Å². The number of nitrogens with two attached hydrogens (primary N) is 1. The molecule has 2 aromatic rings. The highest BCUT2D eigenvalue weighted by molar-refractivity contribution is 5.54. The van der Waals surface area contributed by atoms with Gasteiger partial charge in [0.15, 0.2) is 11.5 Å². The van der Waals surface area contributed by atoms with Gasteiger partial charge in [-0.1, -0.05) is 6.07 Å². The number of aliphatic hydroxyl groups excluding tert-OH is 1. The molecule has 0 saturated heterocycles. The molecule has 0 aliphatic heterocycles.